The molecule has 3 heteroatoms. The standard InChI is InChI=1S/C14H24N2O/c1-10(2)13-5-4-11(3)6-14(13)16-8-12-7-15-9-17-12/h7,9-11,13-14,16H,4-6,8H2,1-3H3. The third-order valence-corrected chi connectivity index (χ3v) is 4.04. The summed E-state index contributed by atoms with van der Waals surface area (Å²) in [5, 5.41) is 3.65. The van der Waals surface area contributed by atoms with Crippen molar-refractivity contribution in [2.75, 3.05) is 0 Å². The Kier molecular flexibility index (Phi) is 4.21. The Bertz CT molecular complexity index is 321. The number of oxazole rings is 1. The fourth-order valence-electron chi connectivity index (χ4n) is 3.00. The Morgan fingerprint density at radius 3 is 2.94 bits per heavy atom. The van der Waals surface area contributed by atoms with Crippen LogP contribution in [0.2, 0.25) is 0 Å². The predicted molar refractivity (Wildman–Crippen MR) is 68.5 cm³/mol. The first-order valence-corrected chi connectivity index (χ1v) is 6.77. The summed E-state index contributed by atoms with van der Waals surface area (Å²) in [6, 6.07) is 0.629. The molecule has 0 aromatic carbocycles. The predicted octanol–water partition coefficient (Wildman–Crippen LogP) is 3.23. The van der Waals surface area contributed by atoms with Gasteiger partial charge in [0, 0.05) is 6.04 Å². The maximum Gasteiger partial charge on any atom is 0.180 e. The van der Waals surface area contributed by atoms with Gasteiger partial charge >= 0.3 is 0 Å². The van der Waals surface area contributed by atoms with Gasteiger partial charge in [0.1, 0.15) is 5.76 Å². The minimum Gasteiger partial charge on any atom is -0.447 e. The molecule has 2 rings (SSSR count). The molecule has 3 unspecified atom stereocenters. The van der Waals surface area contributed by atoms with Gasteiger partial charge in [0.15, 0.2) is 6.39 Å². The fourth-order valence-corrected chi connectivity index (χ4v) is 3.00. The number of hydrogen-bond acceptors (Lipinski definition) is 3. The van der Waals surface area contributed by atoms with E-state index in [0.29, 0.717) is 6.04 Å². The minimum absolute atomic E-state index is 0.629. The van der Waals surface area contributed by atoms with Crippen LogP contribution in [-0.2, 0) is 6.54 Å². The fraction of sp³-hybridized carbons (Fsp3) is 0.786. The molecule has 0 saturated heterocycles. The van der Waals surface area contributed by atoms with Crippen LogP contribution in [-0.4, -0.2) is 11.0 Å². The average molecular weight is 236 g/mol. The number of aromatic nitrogens is 1. The summed E-state index contributed by atoms with van der Waals surface area (Å²) >= 11 is 0. The summed E-state index contributed by atoms with van der Waals surface area (Å²) in [4.78, 5) is 3.95. The van der Waals surface area contributed by atoms with Crippen molar-refractivity contribution in [3.63, 3.8) is 0 Å². The molecule has 96 valence electrons. The summed E-state index contributed by atoms with van der Waals surface area (Å²) in [5.41, 5.74) is 0. The van der Waals surface area contributed by atoms with Crippen LogP contribution in [0.3, 0.4) is 0 Å². The van der Waals surface area contributed by atoms with Gasteiger partial charge in [-0.1, -0.05) is 27.2 Å². The van der Waals surface area contributed by atoms with Gasteiger partial charge in [0.2, 0.25) is 0 Å². The monoisotopic (exact) mass is 236 g/mol. The van der Waals surface area contributed by atoms with Crippen LogP contribution in [0.25, 0.3) is 0 Å². The molecule has 1 aromatic heterocycles. The Morgan fingerprint density at radius 2 is 2.29 bits per heavy atom. The van der Waals surface area contributed by atoms with Crippen LogP contribution < -0.4 is 5.32 Å². The molecule has 0 spiro atoms. The van der Waals surface area contributed by atoms with E-state index in [2.05, 4.69) is 31.1 Å². The normalized spacial score (nSPS) is 29.8. The van der Waals surface area contributed by atoms with Crippen LogP contribution in [0.4, 0.5) is 0 Å². The van der Waals surface area contributed by atoms with Gasteiger partial charge in [0.25, 0.3) is 0 Å². The zero-order valence-electron chi connectivity index (χ0n) is 11.1. The molecule has 1 N–H and O–H groups in total. The third-order valence-electron chi connectivity index (χ3n) is 4.04. The van der Waals surface area contributed by atoms with Crippen LogP contribution in [0.1, 0.15) is 45.8 Å². The lowest BCUT2D eigenvalue weighted by atomic mass is 9.74. The van der Waals surface area contributed by atoms with Crippen LogP contribution in [0, 0.1) is 17.8 Å². The van der Waals surface area contributed by atoms with Crippen molar-refractivity contribution in [2.24, 2.45) is 17.8 Å². The molecule has 1 fully saturated rings. The molecule has 1 aliphatic rings. The highest BCUT2D eigenvalue weighted by molar-refractivity contribution is 4.91. The summed E-state index contributed by atoms with van der Waals surface area (Å²) in [5.74, 6) is 3.34. The van der Waals surface area contributed by atoms with Gasteiger partial charge in [-0.3, -0.25) is 0 Å². The largest absolute Gasteiger partial charge is 0.447 e. The Morgan fingerprint density at radius 1 is 1.47 bits per heavy atom. The maximum absolute atomic E-state index is 5.27. The Balaban J connectivity index is 1.90. The highest BCUT2D eigenvalue weighted by Crippen LogP contribution is 2.33. The van der Waals surface area contributed by atoms with Crippen molar-refractivity contribution in [1.29, 1.82) is 0 Å². The zero-order valence-corrected chi connectivity index (χ0v) is 11.1. The van der Waals surface area contributed by atoms with Crippen molar-refractivity contribution >= 4 is 0 Å². The van der Waals surface area contributed by atoms with Gasteiger partial charge in [-0.05, 0) is 30.6 Å². The number of nitrogens with one attached hydrogen (secondary N) is 1. The highest BCUT2D eigenvalue weighted by Gasteiger charge is 2.30. The zero-order chi connectivity index (χ0) is 12.3. The summed E-state index contributed by atoms with van der Waals surface area (Å²) in [6.45, 7) is 7.84. The topological polar surface area (TPSA) is 38.1 Å². The van der Waals surface area contributed by atoms with E-state index in [9.17, 15) is 0 Å². The Labute approximate surface area is 104 Å². The second-order valence-electron chi connectivity index (χ2n) is 5.78. The van der Waals surface area contributed by atoms with Gasteiger partial charge in [-0.15, -0.1) is 0 Å². The molecule has 1 aliphatic carbocycles. The SMILES string of the molecule is CC1CCC(C(C)C)C(NCc2cnco2)C1. The molecular formula is C14H24N2O. The molecule has 17 heavy (non-hydrogen) atoms. The molecule has 0 aliphatic heterocycles. The van der Waals surface area contributed by atoms with Crippen molar-refractivity contribution in [1.82, 2.24) is 10.3 Å². The summed E-state index contributed by atoms with van der Waals surface area (Å²) < 4.78 is 5.27. The lowest BCUT2D eigenvalue weighted by Crippen LogP contribution is -2.42. The van der Waals surface area contributed by atoms with Gasteiger partial charge < -0.3 is 9.73 Å². The molecule has 0 radical (unpaired) electrons. The summed E-state index contributed by atoms with van der Waals surface area (Å²) in [6.07, 6.45) is 7.32. The van der Waals surface area contributed by atoms with E-state index in [4.69, 9.17) is 4.42 Å². The molecular weight excluding hydrogens is 212 g/mol. The van der Waals surface area contributed by atoms with E-state index in [-0.39, 0.29) is 0 Å². The molecule has 3 atom stereocenters. The van der Waals surface area contributed by atoms with E-state index in [0.717, 1.165) is 30.1 Å². The first-order valence-electron chi connectivity index (χ1n) is 6.77. The maximum atomic E-state index is 5.27. The van der Waals surface area contributed by atoms with E-state index in [1.54, 1.807) is 6.20 Å². The molecule has 1 heterocycles. The van der Waals surface area contributed by atoms with E-state index < -0.39 is 0 Å². The van der Waals surface area contributed by atoms with E-state index in [1.165, 1.54) is 25.7 Å². The van der Waals surface area contributed by atoms with Crippen molar-refractivity contribution in [3.8, 4) is 0 Å². The van der Waals surface area contributed by atoms with Gasteiger partial charge in [-0.25, -0.2) is 4.98 Å². The molecule has 3 nitrogen and oxygen atoms in total. The molecule has 1 saturated carbocycles. The smallest absolute Gasteiger partial charge is 0.180 e. The highest BCUT2D eigenvalue weighted by atomic mass is 16.3. The first-order chi connectivity index (χ1) is 8.16. The van der Waals surface area contributed by atoms with Crippen LogP contribution in [0.15, 0.2) is 17.0 Å². The van der Waals surface area contributed by atoms with Crippen LogP contribution >= 0.6 is 0 Å². The lowest BCUT2D eigenvalue weighted by molar-refractivity contribution is 0.167. The van der Waals surface area contributed by atoms with Crippen molar-refractivity contribution < 1.29 is 4.42 Å². The van der Waals surface area contributed by atoms with E-state index in [1.807, 2.05) is 0 Å². The van der Waals surface area contributed by atoms with Crippen molar-refractivity contribution in [2.45, 2.75) is 52.6 Å². The number of rotatable bonds is 4. The number of nitrogens with zero attached hydrogens (tertiary/aromatic N) is 1. The van der Waals surface area contributed by atoms with Crippen molar-refractivity contribution in [3.05, 3.63) is 18.4 Å². The molecule has 0 bridgehead atoms. The quantitative estimate of drug-likeness (QED) is 0.872. The summed E-state index contributed by atoms with van der Waals surface area (Å²) in [7, 11) is 0. The lowest BCUT2D eigenvalue weighted by Gasteiger charge is -2.37. The average Bonchev–Trinajstić information content (AvgIpc) is 2.78. The third kappa shape index (κ3) is 3.32. The second-order valence-corrected chi connectivity index (χ2v) is 5.78. The first kappa shape index (κ1) is 12.6. The van der Waals surface area contributed by atoms with E-state index >= 15 is 0 Å². The van der Waals surface area contributed by atoms with Crippen LogP contribution in [0.5, 0.6) is 0 Å². The molecule has 0 amide bonds. The second kappa shape index (κ2) is 5.67. The minimum atomic E-state index is 0.629. The molecule has 1 aromatic rings. The number of hydrogen-bond donors (Lipinski definition) is 1. The Hall–Kier alpha value is -0.830. The van der Waals surface area contributed by atoms with Gasteiger partial charge in [0.05, 0.1) is 12.7 Å². The van der Waals surface area contributed by atoms with Gasteiger partial charge in [-0.2, -0.15) is 0 Å².